The molecule has 1 saturated heterocycles. The predicted molar refractivity (Wildman–Crippen MR) is 49.4 cm³/mol. The zero-order valence-corrected chi connectivity index (χ0v) is 7.62. The summed E-state index contributed by atoms with van der Waals surface area (Å²) in [5.41, 5.74) is 4.14. The topological polar surface area (TPSA) is 30.5 Å². The molecule has 1 aliphatic heterocycles. The molecule has 0 aromatic heterocycles. The van der Waals surface area contributed by atoms with Crippen molar-refractivity contribution in [3.8, 4) is 5.75 Å². The van der Waals surface area contributed by atoms with Gasteiger partial charge in [-0.1, -0.05) is 18.2 Å². The number of rotatable bonds is 2. The van der Waals surface area contributed by atoms with E-state index in [1.807, 2.05) is 18.2 Å². The second kappa shape index (κ2) is 3.77. The minimum Gasteiger partial charge on any atom is -0.496 e. The average Bonchev–Trinajstić information content (AvgIpc) is 2.70. The Balaban J connectivity index is 2.26. The van der Waals surface area contributed by atoms with Crippen LogP contribution in [0.1, 0.15) is 18.0 Å². The van der Waals surface area contributed by atoms with Crippen molar-refractivity contribution in [1.82, 2.24) is 5.48 Å². The molecule has 1 N–H and O–H groups in total. The Bertz CT molecular complexity index is 282. The fraction of sp³-hybridized carbons (Fsp3) is 0.400. The van der Waals surface area contributed by atoms with E-state index in [1.165, 1.54) is 5.56 Å². The van der Waals surface area contributed by atoms with Crippen molar-refractivity contribution < 1.29 is 9.57 Å². The molecule has 0 bridgehead atoms. The molecule has 1 aromatic carbocycles. The van der Waals surface area contributed by atoms with Gasteiger partial charge in [0, 0.05) is 5.56 Å². The molecular weight excluding hydrogens is 166 g/mol. The predicted octanol–water partition coefficient (Wildman–Crippen LogP) is 1.66. The van der Waals surface area contributed by atoms with Crippen molar-refractivity contribution in [3.63, 3.8) is 0 Å². The van der Waals surface area contributed by atoms with Crippen LogP contribution < -0.4 is 10.2 Å². The zero-order valence-electron chi connectivity index (χ0n) is 7.62. The third kappa shape index (κ3) is 1.66. The Labute approximate surface area is 77.6 Å². The first-order chi connectivity index (χ1) is 6.42. The lowest BCUT2D eigenvalue weighted by atomic mass is 10.0. The van der Waals surface area contributed by atoms with E-state index in [0.29, 0.717) is 0 Å². The van der Waals surface area contributed by atoms with E-state index >= 15 is 0 Å². The number of benzene rings is 1. The first-order valence-corrected chi connectivity index (χ1v) is 4.42. The van der Waals surface area contributed by atoms with E-state index in [0.717, 1.165) is 18.8 Å². The third-order valence-electron chi connectivity index (χ3n) is 2.25. The lowest BCUT2D eigenvalue weighted by Gasteiger charge is -2.12. The van der Waals surface area contributed by atoms with Gasteiger partial charge in [0.25, 0.3) is 0 Å². The van der Waals surface area contributed by atoms with E-state index in [2.05, 4.69) is 11.5 Å². The van der Waals surface area contributed by atoms with Crippen molar-refractivity contribution in [2.24, 2.45) is 0 Å². The Kier molecular flexibility index (Phi) is 2.47. The first kappa shape index (κ1) is 8.53. The molecule has 1 aromatic rings. The Morgan fingerprint density at radius 2 is 2.31 bits per heavy atom. The highest BCUT2D eigenvalue weighted by molar-refractivity contribution is 5.35. The van der Waals surface area contributed by atoms with E-state index < -0.39 is 0 Å². The van der Waals surface area contributed by atoms with E-state index in [4.69, 9.17) is 9.57 Å². The van der Waals surface area contributed by atoms with Gasteiger partial charge in [-0.25, -0.2) is 0 Å². The van der Waals surface area contributed by atoms with Crippen LogP contribution in [0.4, 0.5) is 0 Å². The van der Waals surface area contributed by atoms with Crippen LogP contribution in [-0.2, 0) is 4.84 Å². The minimum absolute atomic E-state index is 0.274. The van der Waals surface area contributed by atoms with Gasteiger partial charge in [-0.05, 0) is 12.5 Å². The summed E-state index contributed by atoms with van der Waals surface area (Å²) in [6.45, 7) is 0.767. The van der Waals surface area contributed by atoms with Crippen LogP contribution in [0.5, 0.6) is 5.75 Å². The van der Waals surface area contributed by atoms with Crippen molar-refractivity contribution in [2.75, 3.05) is 13.7 Å². The van der Waals surface area contributed by atoms with Crippen molar-refractivity contribution in [3.05, 3.63) is 29.8 Å². The molecule has 3 nitrogen and oxygen atoms in total. The lowest BCUT2D eigenvalue weighted by molar-refractivity contribution is 0.0878. The van der Waals surface area contributed by atoms with Gasteiger partial charge in [0.1, 0.15) is 5.75 Å². The summed E-state index contributed by atoms with van der Waals surface area (Å²) >= 11 is 0. The molecule has 1 heterocycles. The highest BCUT2D eigenvalue weighted by atomic mass is 16.7. The fourth-order valence-corrected chi connectivity index (χ4v) is 1.57. The first-order valence-electron chi connectivity index (χ1n) is 4.42. The molecular formula is C10H13NO2. The molecule has 1 unspecified atom stereocenters. The van der Waals surface area contributed by atoms with Gasteiger partial charge in [-0.15, -0.1) is 0 Å². The van der Waals surface area contributed by atoms with Gasteiger partial charge in [0.2, 0.25) is 0 Å². The average molecular weight is 179 g/mol. The van der Waals surface area contributed by atoms with Crippen molar-refractivity contribution in [1.29, 1.82) is 0 Å². The van der Waals surface area contributed by atoms with Gasteiger partial charge < -0.3 is 9.57 Å². The molecule has 70 valence electrons. The molecule has 0 aliphatic carbocycles. The van der Waals surface area contributed by atoms with Crippen LogP contribution >= 0.6 is 0 Å². The number of ether oxygens (including phenoxy) is 1. The summed E-state index contributed by atoms with van der Waals surface area (Å²) in [6.07, 6.45) is 1.00. The standard InChI is InChI=1S/C10H13NO2/c1-12-10-5-3-2-4-8(10)9-6-7-13-11-9/h2-5,9,11H,6-7H2,1H3. The molecule has 1 fully saturated rings. The number of nitrogens with one attached hydrogen (secondary N) is 1. The summed E-state index contributed by atoms with van der Waals surface area (Å²) in [6, 6.07) is 8.28. The molecule has 0 amide bonds. The maximum atomic E-state index is 5.26. The largest absolute Gasteiger partial charge is 0.496 e. The number of hydrogen-bond acceptors (Lipinski definition) is 3. The van der Waals surface area contributed by atoms with Crippen molar-refractivity contribution >= 4 is 0 Å². The monoisotopic (exact) mass is 179 g/mol. The normalized spacial score (nSPS) is 21.8. The quantitative estimate of drug-likeness (QED) is 0.749. The van der Waals surface area contributed by atoms with E-state index in [9.17, 15) is 0 Å². The van der Waals surface area contributed by atoms with Gasteiger partial charge >= 0.3 is 0 Å². The molecule has 2 rings (SSSR count). The van der Waals surface area contributed by atoms with Gasteiger partial charge in [-0.3, -0.25) is 0 Å². The number of methoxy groups -OCH3 is 1. The summed E-state index contributed by atoms with van der Waals surface area (Å²) in [5.74, 6) is 0.922. The highest BCUT2D eigenvalue weighted by Gasteiger charge is 2.19. The maximum Gasteiger partial charge on any atom is 0.123 e. The van der Waals surface area contributed by atoms with Crippen molar-refractivity contribution in [2.45, 2.75) is 12.5 Å². The van der Waals surface area contributed by atoms with Crippen LogP contribution in [0.3, 0.4) is 0 Å². The number of hydrogen-bond donors (Lipinski definition) is 1. The lowest BCUT2D eigenvalue weighted by Crippen LogP contribution is -2.12. The third-order valence-corrected chi connectivity index (χ3v) is 2.25. The SMILES string of the molecule is COc1ccccc1C1CCON1. The Morgan fingerprint density at radius 1 is 1.46 bits per heavy atom. The molecule has 0 radical (unpaired) electrons. The summed E-state index contributed by atoms with van der Waals surface area (Å²) in [7, 11) is 1.69. The Hall–Kier alpha value is -1.06. The fourth-order valence-electron chi connectivity index (χ4n) is 1.57. The molecule has 1 atom stereocenters. The van der Waals surface area contributed by atoms with Crippen LogP contribution in [-0.4, -0.2) is 13.7 Å². The smallest absolute Gasteiger partial charge is 0.123 e. The molecule has 3 heteroatoms. The number of hydroxylamine groups is 1. The molecule has 13 heavy (non-hydrogen) atoms. The van der Waals surface area contributed by atoms with Crippen LogP contribution in [0.25, 0.3) is 0 Å². The second-order valence-corrected chi connectivity index (χ2v) is 3.05. The summed E-state index contributed by atoms with van der Waals surface area (Å²) in [5, 5.41) is 0. The minimum atomic E-state index is 0.274. The highest BCUT2D eigenvalue weighted by Crippen LogP contribution is 2.28. The maximum absolute atomic E-state index is 5.26. The molecule has 1 aliphatic rings. The van der Waals surface area contributed by atoms with Crippen LogP contribution in [0.15, 0.2) is 24.3 Å². The zero-order chi connectivity index (χ0) is 9.10. The Morgan fingerprint density at radius 3 is 3.00 bits per heavy atom. The van der Waals surface area contributed by atoms with Gasteiger partial charge in [0.05, 0.1) is 19.8 Å². The summed E-state index contributed by atoms with van der Waals surface area (Å²) in [4.78, 5) is 5.11. The molecule has 0 saturated carbocycles. The number of para-hydroxylation sites is 1. The van der Waals surface area contributed by atoms with Crippen LogP contribution in [0, 0.1) is 0 Å². The summed E-state index contributed by atoms with van der Waals surface area (Å²) < 4.78 is 5.26. The van der Waals surface area contributed by atoms with Crippen LogP contribution in [0.2, 0.25) is 0 Å². The van der Waals surface area contributed by atoms with E-state index in [-0.39, 0.29) is 6.04 Å². The van der Waals surface area contributed by atoms with Gasteiger partial charge in [-0.2, -0.15) is 5.48 Å². The van der Waals surface area contributed by atoms with Gasteiger partial charge in [0.15, 0.2) is 0 Å². The van der Waals surface area contributed by atoms with E-state index in [1.54, 1.807) is 7.11 Å². The second-order valence-electron chi connectivity index (χ2n) is 3.05. The molecule has 0 spiro atoms.